The Balaban J connectivity index is 1.69. The number of aryl methyl sites for hydroxylation is 2. The van der Waals surface area contributed by atoms with Crippen LogP contribution in [0.1, 0.15) is 24.5 Å². The topological polar surface area (TPSA) is 84.5 Å². The molecule has 0 bridgehead atoms. The van der Waals surface area contributed by atoms with Crippen molar-refractivity contribution in [1.29, 1.82) is 0 Å². The number of hydrogen-bond acceptors (Lipinski definition) is 4. The number of benzene rings is 3. The molecule has 0 saturated heterocycles. The first-order chi connectivity index (χ1) is 15.6. The van der Waals surface area contributed by atoms with Gasteiger partial charge in [0, 0.05) is 5.69 Å². The minimum Gasteiger partial charge on any atom is -0.481 e. The number of nitrogens with one attached hydrogen (secondary N) is 2. The average Bonchev–Trinajstić information content (AvgIpc) is 2.78. The maximum atomic E-state index is 12.7. The fourth-order valence-electron chi connectivity index (χ4n) is 3.00. The fraction of sp³-hybridized carbons (Fsp3) is 0.208. The molecule has 0 aliphatic rings. The van der Waals surface area contributed by atoms with Gasteiger partial charge in [-0.25, -0.2) is 8.42 Å². The number of anilines is 2. The van der Waals surface area contributed by atoms with Crippen molar-refractivity contribution in [1.82, 2.24) is 0 Å². The van der Waals surface area contributed by atoms with Crippen LogP contribution in [0.2, 0.25) is 10.0 Å². The zero-order chi connectivity index (χ0) is 24.2. The molecule has 3 aromatic rings. The largest absolute Gasteiger partial charge is 0.481 e. The number of hydrogen-bond donors (Lipinski definition) is 2. The van der Waals surface area contributed by atoms with E-state index < -0.39 is 16.1 Å². The lowest BCUT2D eigenvalue weighted by Gasteiger charge is -2.18. The SMILES string of the molecule is CCC(Oc1ccc(C)c(C)c1)C(=O)Nc1ccc(S(=O)(=O)Nc2cccc(Cl)c2Cl)cc1. The van der Waals surface area contributed by atoms with Crippen molar-refractivity contribution in [3.63, 3.8) is 0 Å². The highest BCUT2D eigenvalue weighted by molar-refractivity contribution is 7.92. The van der Waals surface area contributed by atoms with E-state index >= 15 is 0 Å². The maximum Gasteiger partial charge on any atom is 0.265 e. The van der Waals surface area contributed by atoms with E-state index in [1.165, 1.54) is 30.3 Å². The van der Waals surface area contributed by atoms with Crippen LogP contribution in [0.15, 0.2) is 65.6 Å². The minimum atomic E-state index is -3.90. The Morgan fingerprint density at radius 2 is 1.70 bits per heavy atom. The Morgan fingerprint density at radius 1 is 1.00 bits per heavy atom. The second-order valence-electron chi connectivity index (χ2n) is 7.48. The summed E-state index contributed by atoms with van der Waals surface area (Å²) in [5.74, 6) is 0.294. The molecule has 1 unspecified atom stereocenters. The number of carbonyl (C=O) groups excluding carboxylic acids is 1. The number of carbonyl (C=O) groups is 1. The van der Waals surface area contributed by atoms with Crippen molar-refractivity contribution < 1.29 is 17.9 Å². The summed E-state index contributed by atoms with van der Waals surface area (Å²) < 4.78 is 33.6. The number of ether oxygens (including phenoxy) is 1. The van der Waals surface area contributed by atoms with Crippen LogP contribution in [-0.2, 0) is 14.8 Å². The van der Waals surface area contributed by atoms with Crippen LogP contribution in [0.5, 0.6) is 5.75 Å². The van der Waals surface area contributed by atoms with Crippen LogP contribution < -0.4 is 14.8 Å². The summed E-state index contributed by atoms with van der Waals surface area (Å²) in [7, 11) is -3.90. The molecule has 3 rings (SSSR count). The normalized spacial score (nSPS) is 12.2. The molecule has 1 amide bonds. The minimum absolute atomic E-state index is 0.00923. The Kier molecular flexibility index (Phi) is 7.89. The van der Waals surface area contributed by atoms with Gasteiger partial charge >= 0.3 is 0 Å². The Hall–Kier alpha value is -2.74. The molecular weight excluding hydrogens is 483 g/mol. The third-order valence-electron chi connectivity index (χ3n) is 5.05. The highest BCUT2D eigenvalue weighted by Gasteiger charge is 2.20. The van der Waals surface area contributed by atoms with Gasteiger partial charge in [0.05, 0.1) is 20.6 Å². The molecular formula is C24H24Cl2N2O4S. The van der Waals surface area contributed by atoms with Crippen LogP contribution in [0.25, 0.3) is 0 Å². The first kappa shape index (κ1) is 24.9. The molecule has 9 heteroatoms. The molecule has 0 aliphatic carbocycles. The van der Waals surface area contributed by atoms with E-state index in [-0.39, 0.29) is 26.5 Å². The molecule has 0 radical (unpaired) electrons. The lowest BCUT2D eigenvalue weighted by molar-refractivity contribution is -0.122. The van der Waals surface area contributed by atoms with E-state index in [9.17, 15) is 13.2 Å². The molecule has 0 heterocycles. The molecule has 0 aromatic heterocycles. The predicted octanol–water partition coefficient (Wildman–Crippen LogP) is 6.21. The summed E-state index contributed by atoms with van der Waals surface area (Å²) in [5.41, 5.74) is 2.84. The summed E-state index contributed by atoms with van der Waals surface area (Å²) in [6.07, 6.45) is -0.225. The van der Waals surface area contributed by atoms with Gasteiger partial charge in [-0.2, -0.15) is 0 Å². The van der Waals surface area contributed by atoms with Crippen molar-refractivity contribution in [3.8, 4) is 5.75 Å². The van der Waals surface area contributed by atoms with E-state index in [0.717, 1.165) is 11.1 Å². The van der Waals surface area contributed by atoms with Gasteiger partial charge < -0.3 is 10.1 Å². The van der Waals surface area contributed by atoms with Crippen molar-refractivity contribution in [3.05, 3.63) is 81.8 Å². The molecule has 0 spiro atoms. The van der Waals surface area contributed by atoms with Gasteiger partial charge in [-0.15, -0.1) is 0 Å². The van der Waals surface area contributed by atoms with Gasteiger partial charge in [0.2, 0.25) is 0 Å². The zero-order valence-corrected chi connectivity index (χ0v) is 20.7. The first-order valence-electron chi connectivity index (χ1n) is 10.2. The van der Waals surface area contributed by atoms with Gasteiger partial charge in [0.25, 0.3) is 15.9 Å². The van der Waals surface area contributed by atoms with Gasteiger partial charge in [-0.1, -0.05) is 42.3 Å². The molecule has 2 N–H and O–H groups in total. The number of sulfonamides is 1. The van der Waals surface area contributed by atoms with Crippen LogP contribution in [0.3, 0.4) is 0 Å². The summed E-state index contributed by atoms with van der Waals surface area (Å²) in [4.78, 5) is 12.7. The molecule has 33 heavy (non-hydrogen) atoms. The van der Waals surface area contributed by atoms with E-state index in [1.807, 2.05) is 39.0 Å². The number of rotatable bonds is 8. The highest BCUT2D eigenvalue weighted by atomic mass is 35.5. The summed E-state index contributed by atoms with van der Waals surface area (Å²) in [5, 5.41) is 3.12. The van der Waals surface area contributed by atoms with Crippen molar-refractivity contribution >= 4 is 50.5 Å². The molecule has 6 nitrogen and oxygen atoms in total. The van der Waals surface area contributed by atoms with E-state index in [0.29, 0.717) is 17.9 Å². The van der Waals surface area contributed by atoms with Crippen LogP contribution >= 0.6 is 23.2 Å². The second kappa shape index (κ2) is 10.5. The van der Waals surface area contributed by atoms with Crippen molar-refractivity contribution in [2.24, 2.45) is 0 Å². The maximum absolute atomic E-state index is 12.7. The lowest BCUT2D eigenvalue weighted by atomic mass is 10.1. The third kappa shape index (κ3) is 6.19. The van der Waals surface area contributed by atoms with Crippen LogP contribution in [0, 0.1) is 13.8 Å². The smallest absolute Gasteiger partial charge is 0.265 e. The second-order valence-corrected chi connectivity index (χ2v) is 9.95. The standard InChI is InChI=1S/C24H24Cl2N2O4S/c1-4-22(32-18-11-8-15(2)16(3)14-18)24(29)27-17-9-12-19(13-10-17)33(30,31)28-21-7-5-6-20(25)23(21)26/h5-14,22,28H,4H2,1-3H3,(H,27,29). The molecule has 0 aliphatic heterocycles. The fourth-order valence-corrected chi connectivity index (χ4v) is 4.48. The number of amides is 1. The Bertz CT molecular complexity index is 1260. The Morgan fingerprint density at radius 3 is 2.33 bits per heavy atom. The highest BCUT2D eigenvalue weighted by Crippen LogP contribution is 2.31. The van der Waals surface area contributed by atoms with E-state index in [1.54, 1.807) is 12.1 Å². The van der Waals surface area contributed by atoms with Gasteiger partial charge in [0.15, 0.2) is 6.10 Å². The Labute approximate surface area is 203 Å². The molecule has 1 atom stereocenters. The molecule has 0 saturated carbocycles. The third-order valence-corrected chi connectivity index (χ3v) is 7.25. The zero-order valence-electron chi connectivity index (χ0n) is 18.4. The van der Waals surface area contributed by atoms with Gasteiger partial charge in [-0.05, 0) is 79.9 Å². The summed E-state index contributed by atoms with van der Waals surface area (Å²) in [6, 6.07) is 16.1. The van der Waals surface area contributed by atoms with Gasteiger partial charge in [-0.3, -0.25) is 9.52 Å². The van der Waals surface area contributed by atoms with Crippen LogP contribution in [-0.4, -0.2) is 20.4 Å². The number of halogens is 2. The van der Waals surface area contributed by atoms with E-state index in [2.05, 4.69) is 10.0 Å². The van der Waals surface area contributed by atoms with Crippen molar-refractivity contribution in [2.75, 3.05) is 10.0 Å². The lowest BCUT2D eigenvalue weighted by Crippen LogP contribution is -2.32. The van der Waals surface area contributed by atoms with Crippen LogP contribution in [0.4, 0.5) is 11.4 Å². The van der Waals surface area contributed by atoms with Crippen molar-refractivity contribution in [2.45, 2.75) is 38.2 Å². The predicted molar refractivity (Wildman–Crippen MR) is 133 cm³/mol. The molecule has 3 aromatic carbocycles. The quantitative estimate of drug-likeness (QED) is 0.380. The monoisotopic (exact) mass is 506 g/mol. The van der Waals surface area contributed by atoms with E-state index in [4.69, 9.17) is 27.9 Å². The summed E-state index contributed by atoms with van der Waals surface area (Å²) in [6.45, 7) is 5.84. The van der Waals surface area contributed by atoms with Gasteiger partial charge in [0.1, 0.15) is 5.75 Å². The molecule has 174 valence electrons. The first-order valence-corrected chi connectivity index (χ1v) is 12.5. The average molecular weight is 507 g/mol. The molecule has 0 fully saturated rings. The summed E-state index contributed by atoms with van der Waals surface area (Å²) >= 11 is 12.0.